The number of hydrogen-bond acceptors (Lipinski definition) is 3. The zero-order valence-electron chi connectivity index (χ0n) is 12.2. The van der Waals surface area contributed by atoms with Crippen molar-refractivity contribution in [1.29, 1.82) is 0 Å². The summed E-state index contributed by atoms with van der Waals surface area (Å²) in [5.41, 5.74) is -0.762. The van der Waals surface area contributed by atoms with Gasteiger partial charge < -0.3 is 10.1 Å². The summed E-state index contributed by atoms with van der Waals surface area (Å²) in [7, 11) is 0. The molecule has 3 amide bonds. The standard InChI is InChI=1S/C15H19ClN2O3/c1-3-15(4-2)13(19)18(14(20)17-15)9-10-21-12-8-6-5-7-11(12)16/h5-8H,3-4,9-10H2,1-2H3,(H,17,20). The Kier molecular flexibility index (Phi) is 4.73. The van der Waals surface area contributed by atoms with Crippen molar-refractivity contribution in [3.63, 3.8) is 0 Å². The van der Waals surface area contributed by atoms with Gasteiger partial charge in [-0.05, 0) is 25.0 Å². The first-order chi connectivity index (χ1) is 10.0. The highest BCUT2D eigenvalue weighted by atomic mass is 35.5. The third-order valence-electron chi connectivity index (χ3n) is 3.86. The summed E-state index contributed by atoms with van der Waals surface area (Å²) in [6.45, 7) is 4.21. The number of rotatable bonds is 6. The first-order valence-electron chi connectivity index (χ1n) is 7.05. The second kappa shape index (κ2) is 6.35. The number of amides is 3. The zero-order valence-corrected chi connectivity index (χ0v) is 12.9. The van der Waals surface area contributed by atoms with E-state index in [-0.39, 0.29) is 25.1 Å². The number of benzene rings is 1. The molecule has 21 heavy (non-hydrogen) atoms. The van der Waals surface area contributed by atoms with Crippen LogP contribution in [0.4, 0.5) is 4.79 Å². The number of nitrogens with zero attached hydrogens (tertiary/aromatic N) is 1. The topological polar surface area (TPSA) is 58.6 Å². The minimum Gasteiger partial charge on any atom is -0.490 e. The Labute approximate surface area is 129 Å². The Morgan fingerprint density at radius 3 is 2.48 bits per heavy atom. The number of ether oxygens (including phenoxy) is 1. The monoisotopic (exact) mass is 310 g/mol. The normalized spacial score (nSPS) is 17.0. The molecule has 1 N–H and O–H groups in total. The SMILES string of the molecule is CCC1(CC)NC(=O)N(CCOc2ccccc2Cl)C1=O. The predicted molar refractivity (Wildman–Crippen MR) is 80.5 cm³/mol. The highest BCUT2D eigenvalue weighted by Crippen LogP contribution is 2.25. The maximum Gasteiger partial charge on any atom is 0.325 e. The molecule has 1 heterocycles. The molecule has 1 fully saturated rings. The molecule has 5 nitrogen and oxygen atoms in total. The number of nitrogens with one attached hydrogen (secondary N) is 1. The molecule has 114 valence electrons. The molecule has 2 rings (SSSR count). The largest absolute Gasteiger partial charge is 0.490 e. The fourth-order valence-corrected chi connectivity index (χ4v) is 2.61. The van der Waals surface area contributed by atoms with Gasteiger partial charge in [0.2, 0.25) is 0 Å². The predicted octanol–water partition coefficient (Wildman–Crippen LogP) is 2.83. The van der Waals surface area contributed by atoms with Crippen LogP contribution in [0, 0.1) is 0 Å². The molecule has 1 aromatic carbocycles. The minimum atomic E-state index is -0.762. The number of imide groups is 1. The lowest BCUT2D eigenvalue weighted by Crippen LogP contribution is -2.46. The fourth-order valence-electron chi connectivity index (χ4n) is 2.42. The molecule has 1 aromatic rings. The van der Waals surface area contributed by atoms with Crippen LogP contribution in [-0.4, -0.2) is 35.5 Å². The molecule has 1 aliphatic rings. The van der Waals surface area contributed by atoms with Gasteiger partial charge in [-0.1, -0.05) is 37.6 Å². The lowest BCUT2D eigenvalue weighted by atomic mass is 9.93. The number of hydrogen-bond donors (Lipinski definition) is 1. The maximum atomic E-state index is 12.4. The van der Waals surface area contributed by atoms with Crippen LogP contribution in [0.25, 0.3) is 0 Å². The molecule has 0 bridgehead atoms. The van der Waals surface area contributed by atoms with Crippen molar-refractivity contribution in [1.82, 2.24) is 10.2 Å². The summed E-state index contributed by atoms with van der Waals surface area (Å²) >= 11 is 5.98. The van der Waals surface area contributed by atoms with Crippen molar-refractivity contribution < 1.29 is 14.3 Å². The lowest BCUT2D eigenvalue weighted by Gasteiger charge is -2.23. The van der Waals surface area contributed by atoms with Crippen molar-refractivity contribution in [3.8, 4) is 5.75 Å². The van der Waals surface area contributed by atoms with Crippen molar-refractivity contribution in [2.45, 2.75) is 32.2 Å². The summed E-state index contributed by atoms with van der Waals surface area (Å²) < 4.78 is 5.52. The fraction of sp³-hybridized carbons (Fsp3) is 0.467. The van der Waals surface area contributed by atoms with E-state index in [9.17, 15) is 9.59 Å². The summed E-state index contributed by atoms with van der Waals surface area (Å²) in [4.78, 5) is 25.5. The van der Waals surface area contributed by atoms with E-state index in [4.69, 9.17) is 16.3 Å². The smallest absolute Gasteiger partial charge is 0.325 e. The molecule has 0 atom stereocenters. The molecule has 1 saturated heterocycles. The Morgan fingerprint density at radius 1 is 1.24 bits per heavy atom. The lowest BCUT2D eigenvalue weighted by molar-refractivity contribution is -0.131. The van der Waals surface area contributed by atoms with Gasteiger partial charge in [0.1, 0.15) is 17.9 Å². The third kappa shape index (κ3) is 2.97. The molecular weight excluding hydrogens is 292 g/mol. The molecule has 0 aromatic heterocycles. The van der Waals surface area contributed by atoms with Gasteiger partial charge in [0.05, 0.1) is 11.6 Å². The molecule has 0 aliphatic carbocycles. The van der Waals surface area contributed by atoms with E-state index in [1.165, 1.54) is 4.90 Å². The summed E-state index contributed by atoms with van der Waals surface area (Å²) in [6.07, 6.45) is 1.16. The van der Waals surface area contributed by atoms with E-state index < -0.39 is 5.54 Å². The first-order valence-corrected chi connectivity index (χ1v) is 7.43. The van der Waals surface area contributed by atoms with Crippen LogP contribution in [0.15, 0.2) is 24.3 Å². The minimum absolute atomic E-state index is 0.180. The van der Waals surface area contributed by atoms with Crippen LogP contribution in [0.3, 0.4) is 0 Å². The van der Waals surface area contributed by atoms with Crippen molar-refractivity contribution in [2.24, 2.45) is 0 Å². The summed E-state index contributed by atoms with van der Waals surface area (Å²) in [5, 5.41) is 3.29. The highest BCUT2D eigenvalue weighted by Gasteiger charge is 2.48. The molecule has 6 heteroatoms. The zero-order chi connectivity index (χ0) is 15.5. The summed E-state index contributed by atoms with van der Waals surface area (Å²) in [5.74, 6) is 0.365. The van der Waals surface area contributed by atoms with E-state index in [1.807, 2.05) is 26.0 Å². The number of urea groups is 1. The van der Waals surface area contributed by atoms with Crippen LogP contribution in [-0.2, 0) is 4.79 Å². The molecule has 0 radical (unpaired) electrons. The summed E-state index contributed by atoms with van der Waals surface area (Å²) in [6, 6.07) is 6.74. The Bertz CT molecular complexity index is 543. The van der Waals surface area contributed by atoms with Gasteiger partial charge in [-0.25, -0.2) is 4.79 Å². The van der Waals surface area contributed by atoms with Crippen LogP contribution in [0.1, 0.15) is 26.7 Å². The van der Waals surface area contributed by atoms with Gasteiger partial charge in [-0.2, -0.15) is 0 Å². The van der Waals surface area contributed by atoms with Crippen LogP contribution in [0.5, 0.6) is 5.75 Å². The van der Waals surface area contributed by atoms with E-state index in [1.54, 1.807) is 12.1 Å². The third-order valence-corrected chi connectivity index (χ3v) is 4.17. The van der Waals surface area contributed by atoms with Crippen molar-refractivity contribution in [3.05, 3.63) is 29.3 Å². The van der Waals surface area contributed by atoms with Gasteiger partial charge in [-0.15, -0.1) is 0 Å². The number of carbonyl (C=O) groups is 2. The van der Waals surface area contributed by atoms with Crippen LogP contribution >= 0.6 is 11.6 Å². The number of carbonyl (C=O) groups excluding carboxylic acids is 2. The van der Waals surface area contributed by atoms with E-state index in [0.717, 1.165) is 0 Å². The van der Waals surface area contributed by atoms with Crippen LogP contribution in [0.2, 0.25) is 5.02 Å². The van der Waals surface area contributed by atoms with E-state index >= 15 is 0 Å². The average Bonchev–Trinajstić information content (AvgIpc) is 2.73. The van der Waals surface area contributed by atoms with Crippen LogP contribution < -0.4 is 10.1 Å². The van der Waals surface area contributed by atoms with Gasteiger partial charge in [-0.3, -0.25) is 9.69 Å². The average molecular weight is 311 g/mol. The Balaban J connectivity index is 1.96. The van der Waals surface area contributed by atoms with E-state index in [0.29, 0.717) is 23.6 Å². The van der Waals surface area contributed by atoms with Gasteiger partial charge in [0.15, 0.2) is 0 Å². The second-order valence-electron chi connectivity index (χ2n) is 4.96. The number of para-hydroxylation sites is 1. The molecule has 0 unspecified atom stereocenters. The molecular formula is C15H19ClN2O3. The Hall–Kier alpha value is -1.75. The Morgan fingerprint density at radius 2 is 1.90 bits per heavy atom. The van der Waals surface area contributed by atoms with Gasteiger partial charge >= 0.3 is 6.03 Å². The highest BCUT2D eigenvalue weighted by molar-refractivity contribution is 6.32. The quantitative estimate of drug-likeness (QED) is 0.822. The second-order valence-corrected chi connectivity index (χ2v) is 5.36. The molecule has 0 saturated carbocycles. The maximum absolute atomic E-state index is 12.4. The first kappa shape index (κ1) is 15.6. The van der Waals surface area contributed by atoms with Crippen molar-refractivity contribution >= 4 is 23.5 Å². The number of halogens is 1. The van der Waals surface area contributed by atoms with Gasteiger partial charge in [0, 0.05) is 0 Å². The van der Waals surface area contributed by atoms with E-state index in [2.05, 4.69) is 5.32 Å². The van der Waals surface area contributed by atoms with Gasteiger partial charge in [0.25, 0.3) is 5.91 Å². The molecule has 0 spiro atoms. The van der Waals surface area contributed by atoms with Crippen molar-refractivity contribution in [2.75, 3.05) is 13.2 Å². The molecule has 1 aliphatic heterocycles.